The molecule has 0 aliphatic rings. The molecular weight excluding hydrogens is 159 g/mol. The van der Waals surface area contributed by atoms with Gasteiger partial charge >= 0.3 is 81.4 Å². The van der Waals surface area contributed by atoms with Gasteiger partial charge in [-0.05, 0) is 0 Å². The zero-order chi connectivity index (χ0) is 8.97. The second kappa shape index (κ2) is 4.70. The van der Waals surface area contributed by atoms with E-state index in [1.807, 2.05) is 0 Å². The predicted octanol–water partition coefficient (Wildman–Crippen LogP) is 2.40. The third-order valence-electron chi connectivity index (χ3n) is 1.90. The molecule has 1 aromatic carbocycles. The summed E-state index contributed by atoms with van der Waals surface area (Å²) in [5.74, 6) is 0.848. The Morgan fingerprint density at radius 3 is 2.25 bits per heavy atom. The zero-order valence-corrected chi connectivity index (χ0v) is 9.33. The maximum absolute atomic E-state index is 2.29. The van der Waals surface area contributed by atoms with Crippen molar-refractivity contribution >= 4 is 19.6 Å². The molecule has 0 atom stereocenters. The molecule has 0 unspecified atom stereocenters. The summed E-state index contributed by atoms with van der Waals surface area (Å²) in [4.78, 5) is 0. The van der Waals surface area contributed by atoms with Gasteiger partial charge in [-0.15, -0.1) is 0 Å². The van der Waals surface area contributed by atoms with E-state index in [1.165, 1.54) is 10.8 Å². The third-order valence-corrected chi connectivity index (χ3v) is 3.94. The van der Waals surface area contributed by atoms with Gasteiger partial charge in [0.2, 0.25) is 0 Å². The quantitative estimate of drug-likeness (QED) is 0.619. The van der Waals surface area contributed by atoms with Crippen LogP contribution in [-0.4, -0.2) is 15.2 Å². The van der Waals surface area contributed by atoms with Crippen LogP contribution < -0.4 is 4.43 Å². The van der Waals surface area contributed by atoms with Crippen molar-refractivity contribution in [2.24, 2.45) is 5.92 Å². The van der Waals surface area contributed by atoms with Gasteiger partial charge in [0.25, 0.3) is 0 Å². The Kier molecular flexibility index (Phi) is 3.85. The first-order valence-electron chi connectivity index (χ1n) is 4.58. The Balaban J connectivity index is 2.48. The van der Waals surface area contributed by atoms with Gasteiger partial charge in [0.15, 0.2) is 0 Å². The van der Waals surface area contributed by atoms with Gasteiger partial charge in [0.1, 0.15) is 0 Å². The molecule has 0 aliphatic heterocycles. The molecule has 0 saturated carbocycles. The first-order chi connectivity index (χ1) is 5.68. The molecule has 0 aromatic heterocycles. The molecule has 0 nitrogen and oxygen atoms in total. The third kappa shape index (κ3) is 3.43. The van der Waals surface area contributed by atoms with E-state index in [4.69, 9.17) is 0 Å². The number of benzene rings is 1. The van der Waals surface area contributed by atoms with Crippen molar-refractivity contribution in [3.63, 3.8) is 0 Å². The number of aryl methyl sites for hydroxylation is 1. The standard InChI is InChI=1S/C7H7.C4H9.Al/c1-7-5-3-2-4-6-7;1-4(2)3;/h3-6H,1H3;4H,1H2,2-3H3;/q;;+1. The van der Waals surface area contributed by atoms with E-state index in [-0.39, 0.29) is 0 Å². The molecule has 1 heteroatoms. The monoisotopic (exact) mass is 175 g/mol. The van der Waals surface area contributed by atoms with Crippen molar-refractivity contribution in [1.82, 2.24) is 0 Å². The van der Waals surface area contributed by atoms with Crippen LogP contribution in [0.4, 0.5) is 0 Å². The number of hydrogen-bond acceptors (Lipinski definition) is 0. The van der Waals surface area contributed by atoms with Crippen LogP contribution in [0, 0.1) is 12.8 Å². The van der Waals surface area contributed by atoms with Gasteiger partial charge < -0.3 is 0 Å². The summed E-state index contributed by atoms with van der Waals surface area (Å²) >= 11 is 0.503. The van der Waals surface area contributed by atoms with E-state index in [0.29, 0.717) is 15.2 Å². The van der Waals surface area contributed by atoms with Gasteiger partial charge in [-0.1, -0.05) is 0 Å². The van der Waals surface area contributed by atoms with Gasteiger partial charge in [-0.2, -0.15) is 0 Å². The molecule has 0 amide bonds. The van der Waals surface area contributed by atoms with E-state index in [2.05, 4.69) is 45.0 Å². The van der Waals surface area contributed by atoms with Gasteiger partial charge in [0.05, 0.1) is 0 Å². The first-order valence-corrected chi connectivity index (χ1v) is 5.98. The second-order valence-electron chi connectivity index (χ2n) is 3.74. The molecule has 0 N–H and O–H groups in total. The van der Waals surface area contributed by atoms with Gasteiger partial charge in [-0.3, -0.25) is 0 Å². The summed E-state index contributed by atoms with van der Waals surface area (Å²) in [7, 11) is 0. The van der Waals surface area contributed by atoms with Gasteiger partial charge in [0, 0.05) is 0 Å². The molecule has 0 aliphatic carbocycles. The normalized spacial score (nSPS) is 10.0. The van der Waals surface area contributed by atoms with Crippen molar-refractivity contribution in [3.8, 4) is 0 Å². The average molecular weight is 175 g/mol. The van der Waals surface area contributed by atoms with E-state index < -0.39 is 0 Å². The van der Waals surface area contributed by atoms with Crippen LogP contribution in [0.1, 0.15) is 19.4 Å². The Hall–Kier alpha value is -0.248. The Labute approximate surface area is 81.7 Å². The summed E-state index contributed by atoms with van der Waals surface area (Å²) in [6, 6.07) is 8.96. The summed E-state index contributed by atoms with van der Waals surface area (Å²) in [5.41, 5.74) is 1.36. The fourth-order valence-corrected chi connectivity index (χ4v) is 2.28. The fourth-order valence-electron chi connectivity index (χ4n) is 1.07. The van der Waals surface area contributed by atoms with Crippen molar-refractivity contribution in [2.45, 2.75) is 26.1 Å². The molecule has 1 aromatic rings. The molecule has 0 bridgehead atoms. The molecule has 12 heavy (non-hydrogen) atoms. The molecule has 0 spiro atoms. The van der Waals surface area contributed by atoms with Crippen molar-refractivity contribution in [2.75, 3.05) is 0 Å². The SMILES string of the molecule is Cc1cc[c]([Al+][CH2]C(C)C)cc1. The molecular formula is C11H16Al+. The van der Waals surface area contributed by atoms with Crippen LogP contribution in [0.2, 0.25) is 5.28 Å². The summed E-state index contributed by atoms with van der Waals surface area (Å²) in [6.07, 6.45) is 0. The average Bonchev–Trinajstić information content (AvgIpc) is 2.03. The minimum atomic E-state index is 0.503. The molecule has 0 fully saturated rings. The second-order valence-corrected chi connectivity index (χ2v) is 5.29. The van der Waals surface area contributed by atoms with Crippen LogP contribution >= 0.6 is 0 Å². The van der Waals surface area contributed by atoms with Crippen molar-refractivity contribution in [3.05, 3.63) is 29.8 Å². The maximum atomic E-state index is 2.29. The Morgan fingerprint density at radius 1 is 1.17 bits per heavy atom. The molecule has 0 saturated heterocycles. The fraction of sp³-hybridized carbons (Fsp3) is 0.455. The zero-order valence-electron chi connectivity index (χ0n) is 8.17. The minimum absolute atomic E-state index is 0.503. The first kappa shape index (κ1) is 9.84. The van der Waals surface area contributed by atoms with E-state index in [0.717, 1.165) is 5.92 Å². The summed E-state index contributed by atoms with van der Waals surface area (Å²) < 4.78 is 1.55. The number of rotatable bonds is 3. The van der Waals surface area contributed by atoms with Crippen LogP contribution in [0.25, 0.3) is 0 Å². The molecule has 62 valence electrons. The Morgan fingerprint density at radius 2 is 1.75 bits per heavy atom. The molecule has 0 radical (unpaired) electrons. The summed E-state index contributed by atoms with van der Waals surface area (Å²) in [5, 5.41) is 1.38. The van der Waals surface area contributed by atoms with Crippen LogP contribution in [0.5, 0.6) is 0 Å². The van der Waals surface area contributed by atoms with Crippen LogP contribution in [0.3, 0.4) is 0 Å². The van der Waals surface area contributed by atoms with Crippen LogP contribution in [-0.2, 0) is 0 Å². The van der Waals surface area contributed by atoms with E-state index in [9.17, 15) is 0 Å². The van der Waals surface area contributed by atoms with Gasteiger partial charge in [-0.25, -0.2) is 0 Å². The topological polar surface area (TPSA) is 0 Å². The summed E-state index contributed by atoms with van der Waals surface area (Å²) in [6.45, 7) is 6.73. The Bertz CT molecular complexity index is 223. The van der Waals surface area contributed by atoms with E-state index >= 15 is 0 Å². The van der Waals surface area contributed by atoms with Crippen molar-refractivity contribution in [1.29, 1.82) is 0 Å². The van der Waals surface area contributed by atoms with Crippen LogP contribution in [0.15, 0.2) is 24.3 Å². The number of hydrogen-bond donors (Lipinski definition) is 0. The predicted molar refractivity (Wildman–Crippen MR) is 56.2 cm³/mol. The molecule has 0 heterocycles. The van der Waals surface area contributed by atoms with Crippen molar-refractivity contribution < 1.29 is 0 Å². The van der Waals surface area contributed by atoms with E-state index in [1.54, 1.807) is 4.43 Å². The molecule has 1 rings (SSSR count).